The summed E-state index contributed by atoms with van der Waals surface area (Å²) in [6.45, 7) is 0.784. The van der Waals surface area contributed by atoms with Crippen LogP contribution >= 0.6 is 0 Å². The van der Waals surface area contributed by atoms with Crippen LogP contribution in [0.3, 0.4) is 0 Å². The monoisotopic (exact) mass is 542 g/mol. The fourth-order valence-electron chi connectivity index (χ4n) is 5.85. The standard InChI is InChI=1S/C32H35FN4O3/c33-24-17-15-23(16-18-24)30(31(34)39)36-32(40)26-7-2-1-6-25(26)22-13-11-21(12-14-22)20-37-28-9-4-3-8-27(28)35-29(37)10-5-19-38/h3-4,8-9,11-18,25-26,30,38H,1-2,5-7,10,19-20H2,(H2,34,39)(H,36,40)/t25?,26-,30?/m1/s1. The third kappa shape index (κ3) is 6.07. The van der Waals surface area contributed by atoms with Crippen molar-refractivity contribution in [2.75, 3.05) is 6.61 Å². The number of aliphatic hydroxyl groups excluding tert-OH is 1. The number of amides is 2. The van der Waals surface area contributed by atoms with Gasteiger partial charge in [-0.2, -0.15) is 0 Å². The fraction of sp³-hybridized carbons (Fsp3) is 0.344. The highest BCUT2D eigenvalue weighted by Gasteiger charge is 2.34. The maximum Gasteiger partial charge on any atom is 0.244 e. The van der Waals surface area contributed by atoms with Crippen LogP contribution < -0.4 is 11.1 Å². The van der Waals surface area contributed by atoms with Gasteiger partial charge in [0.05, 0.1) is 11.0 Å². The first kappa shape index (κ1) is 27.5. The van der Waals surface area contributed by atoms with Gasteiger partial charge in [-0.3, -0.25) is 9.59 Å². The maximum atomic E-state index is 13.4. The first-order valence-corrected chi connectivity index (χ1v) is 13.9. The molecule has 1 aromatic heterocycles. The third-order valence-electron chi connectivity index (χ3n) is 7.92. The van der Waals surface area contributed by atoms with Crippen LogP contribution in [0.5, 0.6) is 0 Å². The number of aryl methyl sites for hydroxylation is 1. The van der Waals surface area contributed by atoms with Gasteiger partial charge in [-0.15, -0.1) is 0 Å². The second kappa shape index (κ2) is 12.4. The van der Waals surface area contributed by atoms with Crippen molar-refractivity contribution in [1.82, 2.24) is 14.9 Å². The number of aliphatic hydroxyl groups is 1. The predicted octanol–water partition coefficient (Wildman–Crippen LogP) is 4.77. The fourth-order valence-corrected chi connectivity index (χ4v) is 5.85. The topological polar surface area (TPSA) is 110 Å². The molecule has 0 aliphatic heterocycles. The van der Waals surface area contributed by atoms with Crippen LogP contribution in [0.15, 0.2) is 72.8 Å². The lowest BCUT2D eigenvalue weighted by atomic mass is 9.74. The molecule has 3 aromatic carbocycles. The number of benzene rings is 3. The highest BCUT2D eigenvalue weighted by Crippen LogP contribution is 2.38. The lowest BCUT2D eigenvalue weighted by molar-refractivity contribution is -0.131. The van der Waals surface area contributed by atoms with Gasteiger partial charge in [0.1, 0.15) is 17.7 Å². The number of primary amides is 1. The number of nitrogens with one attached hydrogen (secondary N) is 1. The molecule has 5 rings (SSSR count). The molecular weight excluding hydrogens is 507 g/mol. The molecule has 40 heavy (non-hydrogen) atoms. The Hall–Kier alpha value is -4.04. The number of hydrogen-bond donors (Lipinski definition) is 3. The van der Waals surface area contributed by atoms with Crippen molar-refractivity contribution in [3.63, 3.8) is 0 Å². The minimum Gasteiger partial charge on any atom is -0.396 e. The van der Waals surface area contributed by atoms with E-state index in [0.29, 0.717) is 24.9 Å². The van der Waals surface area contributed by atoms with Crippen molar-refractivity contribution in [2.24, 2.45) is 11.7 Å². The Morgan fingerprint density at radius 2 is 1.75 bits per heavy atom. The lowest BCUT2D eigenvalue weighted by Crippen LogP contribution is -2.42. The Balaban J connectivity index is 1.33. The molecule has 2 unspecified atom stereocenters. The van der Waals surface area contributed by atoms with Crippen molar-refractivity contribution in [1.29, 1.82) is 0 Å². The molecule has 2 amide bonds. The molecular formula is C32H35FN4O3. The van der Waals surface area contributed by atoms with Crippen LogP contribution in [-0.4, -0.2) is 33.1 Å². The molecule has 4 aromatic rings. The number of rotatable bonds is 10. The number of halogens is 1. The minimum absolute atomic E-state index is 0.0266. The van der Waals surface area contributed by atoms with Crippen LogP contribution in [0, 0.1) is 11.7 Å². The van der Waals surface area contributed by atoms with E-state index in [9.17, 15) is 19.1 Å². The van der Waals surface area contributed by atoms with Crippen molar-refractivity contribution in [2.45, 2.75) is 57.0 Å². The molecule has 8 heteroatoms. The van der Waals surface area contributed by atoms with E-state index in [1.54, 1.807) is 0 Å². The van der Waals surface area contributed by atoms with E-state index in [-0.39, 0.29) is 24.3 Å². The number of para-hydroxylation sites is 2. The van der Waals surface area contributed by atoms with Crippen LogP contribution in [0.1, 0.15) is 66.6 Å². The van der Waals surface area contributed by atoms with E-state index >= 15 is 0 Å². The van der Waals surface area contributed by atoms with Gasteiger partial charge >= 0.3 is 0 Å². The molecule has 4 N–H and O–H groups in total. The molecule has 0 radical (unpaired) electrons. The van der Waals surface area contributed by atoms with Crippen LogP contribution in [-0.2, 0) is 22.6 Å². The zero-order valence-electron chi connectivity index (χ0n) is 22.4. The van der Waals surface area contributed by atoms with Gasteiger partial charge in [0.25, 0.3) is 0 Å². The molecule has 208 valence electrons. The summed E-state index contributed by atoms with van der Waals surface area (Å²) in [5.74, 6) is -0.615. The van der Waals surface area contributed by atoms with Gasteiger partial charge in [-0.05, 0) is 66.1 Å². The summed E-state index contributed by atoms with van der Waals surface area (Å²) in [4.78, 5) is 30.4. The van der Waals surface area contributed by atoms with Gasteiger partial charge < -0.3 is 20.7 Å². The number of hydrogen-bond acceptors (Lipinski definition) is 4. The van der Waals surface area contributed by atoms with Gasteiger partial charge in [-0.25, -0.2) is 9.37 Å². The molecule has 1 heterocycles. The number of nitrogens with two attached hydrogens (primary N) is 1. The first-order chi connectivity index (χ1) is 19.4. The third-order valence-corrected chi connectivity index (χ3v) is 7.92. The normalized spacial score (nSPS) is 17.9. The molecule has 0 bridgehead atoms. The van der Waals surface area contributed by atoms with Crippen LogP contribution in [0.4, 0.5) is 4.39 Å². The molecule has 7 nitrogen and oxygen atoms in total. The average molecular weight is 543 g/mol. The molecule has 0 saturated heterocycles. The summed E-state index contributed by atoms with van der Waals surface area (Å²) in [6.07, 6.45) is 4.93. The van der Waals surface area contributed by atoms with E-state index in [1.165, 1.54) is 24.3 Å². The van der Waals surface area contributed by atoms with E-state index in [0.717, 1.165) is 53.7 Å². The second-order valence-electron chi connectivity index (χ2n) is 10.6. The first-order valence-electron chi connectivity index (χ1n) is 13.9. The van der Waals surface area contributed by atoms with Crippen LogP contribution in [0.2, 0.25) is 0 Å². The highest BCUT2D eigenvalue weighted by atomic mass is 19.1. The summed E-state index contributed by atoms with van der Waals surface area (Å²) >= 11 is 0. The zero-order valence-corrected chi connectivity index (χ0v) is 22.4. The van der Waals surface area contributed by atoms with Gasteiger partial charge in [0.15, 0.2) is 0 Å². The quantitative estimate of drug-likeness (QED) is 0.268. The Bertz CT molecular complexity index is 1470. The zero-order chi connectivity index (χ0) is 28.1. The van der Waals surface area contributed by atoms with Gasteiger partial charge in [0.2, 0.25) is 11.8 Å². The smallest absolute Gasteiger partial charge is 0.244 e. The average Bonchev–Trinajstić information content (AvgIpc) is 3.32. The Kier molecular flexibility index (Phi) is 8.55. The maximum absolute atomic E-state index is 13.4. The second-order valence-corrected chi connectivity index (χ2v) is 10.6. The SMILES string of the molecule is NC(=O)C(NC(=O)[C@@H]1CCCCC1c1ccc(Cn2c(CCCO)nc3ccccc32)cc1)c1ccc(F)cc1. The molecule has 1 aliphatic carbocycles. The summed E-state index contributed by atoms with van der Waals surface area (Å²) in [5.41, 5.74) is 10.3. The van der Waals surface area contributed by atoms with Crippen LogP contribution in [0.25, 0.3) is 11.0 Å². The minimum atomic E-state index is -1.01. The molecule has 3 atom stereocenters. The highest BCUT2D eigenvalue weighted by molar-refractivity contribution is 5.89. The van der Waals surface area contributed by atoms with E-state index in [4.69, 9.17) is 10.7 Å². The van der Waals surface area contributed by atoms with Gasteiger partial charge in [0, 0.05) is 25.5 Å². The predicted molar refractivity (Wildman–Crippen MR) is 152 cm³/mol. The van der Waals surface area contributed by atoms with Crippen molar-refractivity contribution >= 4 is 22.8 Å². The molecule has 0 spiro atoms. The summed E-state index contributed by atoms with van der Waals surface area (Å²) in [6, 6.07) is 20.9. The number of nitrogens with zero attached hydrogens (tertiary/aromatic N) is 2. The molecule has 1 aliphatic rings. The van der Waals surface area contributed by atoms with Gasteiger partial charge in [-0.1, -0.05) is 61.4 Å². The summed E-state index contributed by atoms with van der Waals surface area (Å²) in [7, 11) is 0. The number of carbonyl (C=O) groups is 2. The Morgan fingerprint density at radius 1 is 1.02 bits per heavy atom. The van der Waals surface area contributed by atoms with E-state index < -0.39 is 17.8 Å². The van der Waals surface area contributed by atoms with Crippen molar-refractivity contribution in [3.8, 4) is 0 Å². The largest absolute Gasteiger partial charge is 0.396 e. The van der Waals surface area contributed by atoms with E-state index in [2.05, 4.69) is 40.2 Å². The lowest BCUT2D eigenvalue weighted by Gasteiger charge is -2.32. The van der Waals surface area contributed by atoms with Crippen molar-refractivity contribution in [3.05, 3.63) is 101 Å². The number of fused-ring (bicyclic) bond motifs is 1. The van der Waals surface area contributed by atoms with E-state index in [1.807, 2.05) is 18.2 Å². The summed E-state index contributed by atoms with van der Waals surface area (Å²) in [5, 5.41) is 12.2. The number of carbonyl (C=O) groups excluding carboxylic acids is 2. The molecule has 1 fully saturated rings. The number of aromatic nitrogens is 2. The summed E-state index contributed by atoms with van der Waals surface area (Å²) < 4.78 is 15.6. The number of imidazole rings is 1. The van der Waals surface area contributed by atoms with Crippen molar-refractivity contribution < 1.29 is 19.1 Å². The molecule has 1 saturated carbocycles. The Morgan fingerprint density at radius 3 is 2.48 bits per heavy atom. The Labute approximate surface area is 233 Å².